The lowest BCUT2D eigenvalue weighted by Crippen LogP contribution is -2.05. The zero-order valence-corrected chi connectivity index (χ0v) is 12.0. The van der Waals surface area contributed by atoms with Gasteiger partial charge in [-0.25, -0.2) is 14.4 Å². The van der Waals surface area contributed by atoms with Crippen LogP contribution >= 0.6 is 0 Å². The normalized spacial score (nSPS) is 10.4. The number of hydrogen-bond acceptors (Lipinski definition) is 4. The van der Waals surface area contributed by atoms with E-state index in [-0.39, 0.29) is 5.82 Å². The SMILES string of the molecule is CCCNc1cc(Nc2ccc(C)c(F)c2)nc(C)n1. The summed E-state index contributed by atoms with van der Waals surface area (Å²) in [6.07, 6.45) is 1.02. The van der Waals surface area contributed by atoms with Crippen molar-refractivity contribution in [3.05, 3.63) is 41.5 Å². The largest absolute Gasteiger partial charge is 0.370 e. The van der Waals surface area contributed by atoms with Gasteiger partial charge in [0.1, 0.15) is 23.3 Å². The van der Waals surface area contributed by atoms with Crippen molar-refractivity contribution in [1.29, 1.82) is 0 Å². The Morgan fingerprint density at radius 1 is 1.10 bits per heavy atom. The maximum Gasteiger partial charge on any atom is 0.136 e. The Labute approximate surface area is 118 Å². The van der Waals surface area contributed by atoms with E-state index in [9.17, 15) is 4.39 Å². The summed E-state index contributed by atoms with van der Waals surface area (Å²) in [4.78, 5) is 8.61. The first-order valence-corrected chi connectivity index (χ1v) is 6.71. The van der Waals surface area contributed by atoms with Crippen LogP contribution in [0.3, 0.4) is 0 Å². The Kier molecular flexibility index (Phi) is 4.50. The predicted molar refractivity (Wildman–Crippen MR) is 80.0 cm³/mol. The molecule has 1 aromatic carbocycles. The first-order valence-electron chi connectivity index (χ1n) is 6.71. The lowest BCUT2D eigenvalue weighted by atomic mass is 10.2. The number of nitrogens with zero attached hydrogens (tertiary/aromatic N) is 2. The van der Waals surface area contributed by atoms with Crippen molar-refractivity contribution in [1.82, 2.24) is 9.97 Å². The smallest absolute Gasteiger partial charge is 0.136 e. The molecule has 0 amide bonds. The third kappa shape index (κ3) is 3.66. The van der Waals surface area contributed by atoms with Crippen LogP contribution in [0.5, 0.6) is 0 Å². The fourth-order valence-corrected chi connectivity index (χ4v) is 1.79. The molecule has 0 aliphatic rings. The fourth-order valence-electron chi connectivity index (χ4n) is 1.79. The van der Waals surface area contributed by atoms with E-state index in [0.717, 1.165) is 18.8 Å². The molecule has 2 rings (SSSR count). The Morgan fingerprint density at radius 3 is 2.55 bits per heavy atom. The maximum absolute atomic E-state index is 13.5. The molecule has 0 saturated carbocycles. The zero-order valence-electron chi connectivity index (χ0n) is 12.0. The van der Waals surface area contributed by atoms with Gasteiger partial charge in [0.2, 0.25) is 0 Å². The highest BCUT2D eigenvalue weighted by atomic mass is 19.1. The van der Waals surface area contributed by atoms with Gasteiger partial charge in [-0.3, -0.25) is 0 Å². The van der Waals surface area contributed by atoms with E-state index in [1.165, 1.54) is 6.07 Å². The Balaban J connectivity index is 2.19. The Hall–Kier alpha value is -2.17. The molecule has 0 spiro atoms. The first kappa shape index (κ1) is 14.2. The number of aryl methyl sites for hydroxylation is 2. The average molecular weight is 274 g/mol. The standard InChI is InChI=1S/C15H19FN4/c1-4-7-17-14-9-15(19-11(3)18-14)20-12-6-5-10(2)13(16)8-12/h5-6,8-9H,4,7H2,1-3H3,(H2,17,18,19,20). The fraction of sp³-hybridized carbons (Fsp3) is 0.333. The molecule has 106 valence electrons. The topological polar surface area (TPSA) is 49.8 Å². The van der Waals surface area contributed by atoms with Gasteiger partial charge < -0.3 is 10.6 Å². The molecule has 2 N–H and O–H groups in total. The number of rotatable bonds is 5. The molecule has 0 unspecified atom stereocenters. The number of nitrogens with one attached hydrogen (secondary N) is 2. The summed E-state index contributed by atoms with van der Waals surface area (Å²) >= 11 is 0. The number of halogens is 1. The van der Waals surface area contributed by atoms with E-state index in [1.54, 1.807) is 13.0 Å². The summed E-state index contributed by atoms with van der Waals surface area (Å²) in [5.41, 5.74) is 1.30. The minimum absolute atomic E-state index is 0.231. The highest BCUT2D eigenvalue weighted by Crippen LogP contribution is 2.19. The number of aromatic nitrogens is 2. The maximum atomic E-state index is 13.5. The summed E-state index contributed by atoms with van der Waals surface area (Å²) in [7, 11) is 0. The van der Waals surface area contributed by atoms with Crippen LogP contribution in [0.25, 0.3) is 0 Å². The second-order valence-corrected chi connectivity index (χ2v) is 4.70. The molecule has 0 saturated heterocycles. The van der Waals surface area contributed by atoms with E-state index in [2.05, 4.69) is 27.5 Å². The molecular formula is C15H19FN4. The van der Waals surface area contributed by atoms with Crippen LogP contribution in [-0.4, -0.2) is 16.5 Å². The molecule has 0 bridgehead atoms. The summed E-state index contributed by atoms with van der Waals surface area (Å²) in [6.45, 7) is 6.52. The zero-order chi connectivity index (χ0) is 14.5. The minimum Gasteiger partial charge on any atom is -0.370 e. The molecule has 1 heterocycles. The molecular weight excluding hydrogens is 255 g/mol. The van der Waals surface area contributed by atoms with Crippen LogP contribution < -0.4 is 10.6 Å². The third-order valence-electron chi connectivity index (χ3n) is 2.84. The monoisotopic (exact) mass is 274 g/mol. The predicted octanol–water partition coefficient (Wildman–Crippen LogP) is 3.80. The van der Waals surface area contributed by atoms with Gasteiger partial charge in [0.05, 0.1) is 0 Å². The van der Waals surface area contributed by atoms with Crippen LogP contribution in [0, 0.1) is 19.7 Å². The quantitative estimate of drug-likeness (QED) is 0.870. The molecule has 0 atom stereocenters. The van der Waals surface area contributed by atoms with Gasteiger partial charge in [0.15, 0.2) is 0 Å². The Bertz CT molecular complexity index is 598. The van der Waals surface area contributed by atoms with Gasteiger partial charge in [0.25, 0.3) is 0 Å². The number of hydrogen-bond donors (Lipinski definition) is 2. The Morgan fingerprint density at radius 2 is 1.85 bits per heavy atom. The lowest BCUT2D eigenvalue weighted by Gasteiger charge is -2.10. The number of anilines is 3. The second-order valence-electron chi connectivity index (χ2n) is 4.70. The van der Waals surface area contributed by atoms with Crippen LogP contribution in [-0.2, 0) is 0 Å². The van der Waals surface area contributed by atoms with Crippen LogP contribution in [0.4, 0.5) is 21.7 Å². The molecule has 4 nitrogen and oxygen atoms in total. The van der Waals surface area contributed by atoms with Crippen molar-refractivity contribution < 1.29 is 4.39 Å². The van der Waals surface area contributed by atoms with Crippen molar-refractivity contribution in [3.63, 3.8) is 0 Å². The molecule has 5 heteroatoms. The van der Waals surface area contributed by atoms with E-state index < -0.39 is 0 Å². The summed E-state index contributed by atoms with van der Waals surface area (Å²) < 4.78 is 13.5. The second kappa shape index (κ2) is 6.32. The van der Waals surface area contributed by atoms with Crippen LogP contribution in [0.15, 0.2) is 24.3 Å². The summed E-state index contributed by atoms with van der Waals surface area (Å²) in [6, 6.07) is 6.85. The van der Waals surface area contributed by atoms with Gasteiger partial charge >= 0.3 is 0 Å². The average Bonchev–Trinajstić information content (AvgIpc) is 2.40. The summed E-state index contributed by atoms with van der Waals surface area (Å²) in [5, 5.41) is 6.32. The van der Waals surface area contributed by atoms with Crippen molar-refractivity contribution in [2.24, 2.45) is 0 Å². The highest BCUT2D eigenvalue weighted by Gasteiger charge is 2.04. The minimum atomic E-state index is -0.231. The molecule has 0 aliphatic heterocycles. The number of benzene rings is 1. The third-order valence-corrected chi connectivity index (χ3v) is 2.84. The lowest BCUT2D eigenvalue weighted by molar-refractivity contribution is 0.619. The van der Waals surface area contributed by atoms with E-state index in [1.807, 2.05) is 19.1 Å². The molecule has 0 fully saturated rings. The summed E-state index contributed by atoms with van der Waals surface area (Å²) in [5.74, 6) is 1.86. The van der Waals surface area contributed by atoms with Crippen LogP contribution in [0.2, 0.25) is 0 Å². The van der Waals surface area contributed by atoms with Crippen molar-refractivity contribution in [2.45, 2.75) is 27.2 Å². The van der Waals surface area contributed by atoms with Gasteiger partial charge in [-0.15, -0.1) is 0 Å². The van der Waals surface area contributed by atoms with Crippen LogP contribution in [0.1, 0.15) is 24.7 Å². The molecule has 1 aromatic heterocycles. The molecule has 0 radical (unpaired) electrons. The van der Waals surface area contributed by atoms with E-state index in [4.69, 9.17) is 0 Å². The van der Waals surface area contributed by atoms with Gasteiger partial charge in [-0.05, 0) is 38.0 Å². The molecule has 2 aromatic rings. The molecule has 20 heavy (non-hydrogen) atoms. The van der Waals surface area contributed by atoms with Crippen molar-refractivity contribution in [3.8, 4) is 0 Å². The van der Waals surface area contributed by atoms with Gasteiger partial charge in [0, 0.05) is 18.3 Å². The van der Waals surface area contributed by atoms with Gasteiger partial charge in [-0.1, -0.05) is 13.0 Å². The van der Waals surface area contributed by atoms with Gasteiger partial charge in [-0.2, -0.15) is 0 Å². The van der Waals surface area contributed by atoms with Crippen molar-refractivity contribution in [2.75, 3.05) is 17.2 Å². The van der Waals surface area contributed by atoms with E-state index in [0.29, 0.717) is 22.9 Å². The highest BCUT2D eigenvalue weighted by molar-refractivity contribution is 5.59. The van der Waals surface area contributed by atoms with E-state index >= 15 is 0 Å². The van der Waals surface area contributed by atoms with Crippen molar-refractivity contribution >= 4 is 17.3 Å². The first-order chi connectivity index (χ1) is 9.58. The molecule has 0 aliphatic carbocycles.